The van der Waals surface area contributed by atoms with Gasteiger partial charge in [-0.2, -0.15) is 0 Å². The molecule has 0 heterocycles. The number of carbonyl (C=O) groups is 1. The molecule has 0 saturated heterocycles. The number of aryl methyl sites for hydroxylation is 2. The standard InChI is InChI=1S/C17H28N2O3S/c1-13(2)8-10-19(23(5,21)22)11-9-18-17(20)16-7-6-14(3)15(4)12-16/h6-7,12-13H,8-11H2,1-5H3,(H,18,20). The third-order valence-electron chi connectivity index (χ3n) is 3.84. The van der Waals surface area contributed by atoms with E-state index in [4.69, 9.17) is 0 Å². The topological polar surface area (TPSA) is 66.5 Å². The first-order chi connectivity index (χ1) is 10.6. The number of nitrogens with one attached hydrogen (secondary N) is 1. The quantitative estimate of drug-likeness (QED) is 0.790. The Morgan fingerprint density at radius 1 is 1.17 bits per heavy atom. The highest BCUT2D eigenvalue weighted by Crippen LogP contribution is 2.10. The molecule has 1 amide bonds. The Bertz CT molecular complexity index is 639. The fraction of sp³-hybridized carbons (Fsp3) is 0.588. The summed E-state index contributed by atoms with van der Waals surface area (Å²) in [5.74, 6) is 0.259. The molecule has 0 unspecified atom stereocenters. The fourth-order valence-corrected chi connectivity index (χ4v) is 2.98. The maximum absolute atomic E-state index is 12.1. The second kappa shape index (κ2) is 8.45. The Hall–Kier alpha value is -1.40. The number of carbonyl (C=O) groups excluding carboxylic acids is 1. The van der Waals surface area contributed by atoms with Crippen molar-refractivity contribution in [2.75, 3.05) is 25.9 Å². The smallest absolute Gasteiger partial charge is 0.251 e. The fourth-order valence-electron chi connectivity index (χ4n) is 2.12. The summed E-state index contributed by atoms with van der Waals surface area (Å²) in [4.78, 5) is 12.1. The van der Waals surface area contributed by atoms with Crippen molar-refractivity contribution in [1.82, 2.24) is 9.62 Å². The highest BCUT2D eigenvalue weighted by atomic mass is 32.2. The molecule has 5 nitrogen and oxygen atoms in total. The van der Waals surface area contributed by atoms with E-state index in [-0.39, 0.29) is 5.91 Å². The molecular weight excluding hydrogens is 312 g/mol. The lowest BCUT2D eigenvalue weighted by atomic mass is 10.1. The van der Waals surface area contributed by atoms with Crippen LogP contribution in [0.3, 0.4) is 0 Å². The Morgan fingerprint density at radius 2 is 1.83 bits per heavy atom. The van der Waals surface area contributed by atoms with Crippen LogP contribution in [0, 0.1) is 19.8 Å². The van der Waals surface area contributed by atoms with Crippen LogP contribution in [0.2, 0.25) is 0 Å². The van der Waals surface area contributed by atoms with E-state index < -0.39 is 10.0 Å². The van der Waals surface area contributed by atoms with Gasteiger partial charge in [-0.25, -0.2) is 12.7 Å². The van der Waals surface area contributed by atoms with E-state index >= 15 is 0 Å². The lowest BCUT2D eigenvalue weighted by molar-refractivity contribution is 0.0951. The van der Waals surface area contributed by atoms with Gasteiger partial charge in [0.05, 0.1) is 6.26 Å². The van der Waals surface area contributed by atoms with E-state index in [0.29, 0.717) is 31.1 Å². The van der Waals surface area contributed by atoms with Crippen molar-refractivity contribution in [1.29, 1.82) is 0 Å². The molecule has 0 fully saturated rings. The number of hydrogen-bond donors (Lipinski definition) is 1. The first-order valence-corrected chi connectivity index (χ1v) is 9.76. The number of amides is 1. The second-order valence-corrected chi connectivity index (χ2v) is 8.38. The summed E-state index contributed by atoms with van der Waals surface area (Å²) in [5, 5.41) is 2.79. The largest absolute Gasteiger partial charge is 0.351 e. The monoisotopic (exact) mass is 340 g/mol. The summed E-state index contributed by atoms with van der Waals surface area (Å²) in [6, 6.07) is 5.54. The van der Waals surface area contributed by atoms with Crippen molar-refractivity contribution in [2.45, 2.75) is 34.1 Å². The Balaban J connectivity index is 2.58. The molecule has 130 valence electrons. The highest BCUT2D eigenvalue weighted by Gasteiger charge is 2.17. The molecule has 0 atom stereocenters. The van der Waals surface area contributed by atoms with Crippen molar-refractivity contribution in [3.8, 4) is 0 Å². The normalized spacial score (nSPS) is 12.0. The van der Waals surface area contributed by atoms with E-state index in [1.54, 1.807) is 6.07 Å². The number of hydrogen-bond acceptors (Lipinski definition) is 3. The van der Waals surface area contributed by atoms with Crippen LogP contribution >= 0.6 is 0 Å². The molecule has 6 heteroatoms. The molecule has 23 heavy (non-hydrogen) atoms. The predicted molar refractivity (Wildman–Crippen MR) is 94.1 cm³/mol. The maximum atomic E-state index is 12.1. The van der Waals surface area contributed by atoms with Crippen molar-refractivity contribution in [2.24, 2.45) is 5.92 Å². The van der Waals surface area contributed by atoms with Crippen LogP contribution in [-0.2, 0) is 10.0 Å². The summed E-state index contributed by atoms with van der Waals surface area (Å²) in [7, 11) is -3.25. The predicted octanol–water partition coefficient (Wildman–Crippen LogP) is 2.34. The molecule has 0 spiro atoms. The lowest BCUT2D eigenvalue weighted by Gasteiger charge is -2.21. The average Bonchev–Trinajstić information content (AvgIpc) is 2.43. The van der Waals surface area contributed by atoms with Crippen LogP contribution in [0.4, 0.5) is 0 Å². The zero-order valence-electron chi connectivity index (χ0n) is 14.7. The van der Waals surface area contributed by atoms with E-state index in [0.717, 1.165) is 17.5 Å². The first-order valence-electron chi connectivity index (χ1n) is 7.92. The highest BCUT2D eigenvalue weighted by molar-refractivity contribution is 7.88. The molecule has 0 radical (unpaired) electrons. The third kappa shape index (κ3) is 6.71. The van der Waals surface area contributed by atoms with E-state index in [1.807, 2.05) is 26.0 Å². The van der Waals surface area contributed by atoms with Gasteiger partial charge in [-0.15, -0.1) is 0 Å². The van der Waals surface area contributed by atoms with E-state index in [9.17, 15) is 13.2 Å². The molecule has 1 aromatic rings. The molecule has 0 aliphatic rings. The molecular formula is C17H28N2O3S. The van der Waals surface area contributed by atoms with Gasteiger partial charge < -0.3 is 5.32 Å². The molecule has 0 bridgehead atoms. The summed E-state index contributed by atoms with van der Waals surface area (Å²) in [5.41, 5.74) is 2.80. The second-order valence-electron chi connectivity index (χ2n) is 6.40. The van der Waals surface area contributed by atoms with E-state index in [1.165, 1.54) is 10.6 Å². The summed E-state index contributed by atoms with van der Waals surface area (Å²) in [6.45, 7) is 9.15. The Labute approximate surface area is 140 Å². The summed E-state index contributed by atoms with van der Waals surface area (Å²) < 4.78 is 25.0. The van der Waals surface area contributed by atoms with Crippen LogP contribution in [0.5, 0.6) is 0 Å². The van der Waals surface area contributed by atoms with Gasteiger partial charge in [0, 0.05) is 25.2 Å². The molecule has 1 rings (SSSR count). The minimum absolute atomic E-state index is 0.176. The number of sulfonamides is 1. The van der Waals surface area contributed by atoms with Gasteiger partial charge in [0.1, 0.15) is 0 Å². The average molecular weight is 340 g/mol. The zero-order chi connectivity index (χ0) is 17.6. The van der Waals surface area contributed by atoms with Gasteiger partial charge in [0.15, 0.2) is 0 Å². The van der Waals surface area contributed by atoms with Gasteiger partial charge in [-0.1, -0.05) is 19.9 Å². The van der Waals surface area contributed by atoms with Crippen molar-refractivity contribution >= 4 is 15.9 Å². The molecule has 1 N–H and O–H groups in total. The number of nitrogens with zero attached hydrogens (tertiary/aromatic N) is 1. The van der Waals surface area contributed by atoms with Crippen molar-refractivity contribution < 1.29 is 13.2 Å². The van der Waals surface area contributed by atoms with Crippen LogP contribution in [-0.4, -0.2) is 44.5 Å². The first kappa shape index (κ1) is 19.6. The molecule has 0 saturated carbocycles. The number of benzene rings is 1. The van der Waals surface area contributed by atoms with Gasteiger partial charge in [-0.3, -0.25) is 4.79 Å². The third-order valence-corrected chi connectivity index (χ3v) is 5.14. The van der Waals surface area contributed by atoms with Gasteiger partial charge in [0.2, 0.25) is 10.0 Å². The van der Waals surface area contributed by atoms with Gasteiger partial charge >= 0.3 is 0 Å². The SMILES string of the molecule is Cc1ccc(C(=O)NCCN(CCC(C)C)S(C)(=O)=O)cc1C. The van der Waals surface area contributed by atoms with Crippen LogP contribution in [0.15, 0.2) is 18.2 Å². The van der Waals surface area contributed by atoms with Crippen LogP contribution < -0.4 is 5.32 Å². The maximum Gasteiger partial charge on any atom is 0.251 e. The van der Waals surface area contributed by atoms with Crippen LogP contribution in [0.25, 0.3) is 0 Å². The minimum atomic E-state index is -3.25. The van der Waals surface area contributed by atoms with Crippen molar-refractivity contribution in [3.05, 3.63) is 34.9 Å². The Morgan fingerprint density at radius 3 is 2.35 bits per heavy atom. The lowest BCUT2D eigenvalue weighted by Crippen LogP contribution is -2.39. The Kier molecular flexibility index (Phi) is 7.22. The molecule has 0 aliphatic carbocycles. The van der Waals surface area contributed by atoms with E-state index in [2.05, 4.69) is 19.2 Å². The molecule has 1 aromatic carbocycles. The van der Waals surface area contributed by atoms with Crippen molar-refractivity contribution in [3.63, 3.8) is 0 Å². The summed E-state index contributed by atoms with van der Waals surface area (Å²) in [6.07, 6.45) is 2.01. The molecule has 0 aromatic heterocycles. The van der Waals surface area contributed by atoms with Crippen LogP contribution in [0.1, 0.15) is 41.8 Å². The molecule has 0 aliphatic heterocycles. The number of rotatable bonds is 8. The van der Waals surface area contributed by atoms with Gasteiger partial charge in [0.25, 0.3) is 5.91 Å². The van der Waals surface area contributed by atoms with Gasteiger partial charge in [-0.05, 0) is 49.4 Å². The minimum Gasteiger partial charge on any atom is -0.351 e. The summed E-state index contributed by atoms with van der Waals surface area (Å²) >= 11 is 0. The zero-order valence-corrected chi connectivity index (χ0v) is 15.5.